The van der Waals surface area contributed by atoms with Gasteiger partial charge < -0.3 is 9.47 Å². The Morgan fingerprint density at radius 2 is 0.778 bits per heavy atom. The van der Waals surface area contributed by atoms with Crippen LogP contribution in [0.2, 0.25) is 0 Å². The lowest BCUT2D eigenvalue weighted by molar-refractivity contribution is 0.652. The molecule has 9 aromatic rings. The predicted octanol–water partition coefficient (Wildman–Crippen LogP) is 13.3. The predicted molar refractivity (Wildman–Crippen MR) is 225 cm³/mol. The van der Waals surface area contributed by atoms with Gasteiger partial charge in [-0.1, -0.05) is 147 Å². The molecule has 2 aliphatic rings. The Balaban J connectivity index is 1.14. The van der Waals surface area contributed by atoms with Gasteiger partial charge in [0.25, 0.3) is 0 Å². The van der Waals surface area contributed by atoms with Crippen LogP contribution in [-0.4, -0.2) is 4.57 Å². The third kappa shape index (κ3) is 4.11. The molecule has 2 aliphatic carbocycles. The second-order valence-electron chi connectivity index (χ2n) is 15.3. The summed E-state index contributed by atoms with van der Waals surface area (Å²) < 4.78 is 2.41. The van der Waals surface area contributed by atoms with Crippen LogP contribution in [0.5, 0.6) is 0 Å². The SMILES string of the molecule is CC1(C)c2cccc3c2-c2c1cccc2C3(c1ccc(N(c2ccccc2)c2ccccc2)cc1)c1ccc(-n2c3ccccc3c3ccccc32)cc1. The van der Waals surface area contributed by atoms with E-state index in [-0.39, 0.29) is 5.41 Å². The first kappa shape index (κ1) is 30.9. The summed E-state index contributed by atoms with van der Waals surface area (Å²) in [6.45, 7) is 4.77. The van der Waals surface area contributed by atoms with E-state index in [2.05, 4.69) is 217 Å². The quantitative estimate of drug-likeness (QED) is 0.169. The first-order chi connectivity index (χ1) is 26.6. The Labute approximate surface area is 316 Å². The highest BCUT2D eigenvalue weighted by atomic mass is 15.1. The van der Waals surface area contributed by atoms with Gasteiger partial charge >= 0.3 is 0 Å². The van der Waals surface area contributed by atoms with Gasteiger partial charge in [-0.05, 0) is 105 Å². The molecular weight excluding hydrogens is 653 g/mol. The van der Waals surface area contributed by atoms with E-state index < -0.39 is 5.41 Å². The summed E-state index contributed by atoms with van der Waals surface area (Å²) in [7, 11) is 0. The van der Waals surface area contributed by atoms with Gasteiger partial charge in [-0.15, -0.1) is 0 Å². The maximum atomic E-state index is 2.41. The number of para-hydroxylation sites is 4. The van der Waals surface area contributed by atoms with Crippen molar-refractivity contribution in [3.05, 3.63) is 228 Å². The average molecular weight is 691 g/mol. The molecule has 0 bridgehead atoms. The first-order valence-corrected chi connectivity index (χ1v) is 18.9. The van der Waals surface area contributed by atoms with Crippen LogP contribution in [0, 0.1) is 0 Å². The first-order valence-electron chi connectivity index (χ1n) is 18.9. The van der Waals surface area contributed by atoms with Crippen LogP contribution in [0.15, 0.2) is 194 Å². The van der Waals surface area contributed by atoms with E-state index >= 15 is 0 Å². The van der Waals surface area contributed by atoms with Crippen LogP contribution in [0.1, 0.15) is 47.2 Å². The van der Waals surface area contributed by atoms with Crippen LogP contribution in [0.3, 0.4) is 0 Å². The summed E-state index contributed by atoms with van der Waals surface area (Å²) in [6, 6.07) is 71.7. The van der Waals surface area contributed by atoms with E-state index in [9.17, 15) is 0 Å². The third-order valence-electron chi connectivity index (χ3n) is 12.3. The summed E-state index contributed by atoms with van der Waals surface area (Å²) >= 11 is 0. The van der Waals surface area contributed by atoms with Crippen molar-refractivity contribution in [3.63, 3.8) is 0 Å². The second kappa shape index (κ2) is 11.4. The molecule has 0 saturated carbocycles. The van der Waals surface area contributed by atoms with Crippen LogP contribution in [0.4, 0.5) is 17.1 Å². The summed E-state index contributed by atoms with van der Waals surface area (Å²) in [5.41, 5.74) is 17.4. The minimum Gasteiger partial charge on any atom is -0.311 e. The average Bonchev–Trinajstić information content (AvgIpc) is 3.82. The lowest BCUT2D eigenvalue weighted by atomic mass is 9.66. The normalized spacial score (nSPS) is 14.4. The fourth-order valence-corrected chi connectivity index (χ4v) is 9.91. The number of benzene rings is 8. The molecular formula is C52H38N2. The van der Waals surface area contributed by atoms with E-state index in [0.717, 1.165) is 22.7 Å². The smallest absolute Gasteiger partial charge is 0.0713 e. The number of aromatic nitrogens is 1. The van der Waals surface area contributed by atoms with Crippen molar-refractivity contribution in [2.45, 2.75) is 24.7 Å². The summed E-state index contributed by atoms with van der Waals surface area (Å²) in [5, 5.41) is 2.55. The maximum absolute atomic E-state index is 2.41. The fraction of sp³-hybridized carbons (Fsp3) is 0.0769. The molecule has 0 fully saturated rings. The van der Waals surface area contributed by atoms with E-state index in [1.165, 1.54) is 66.3 Å². The van der Waals surface area contributed by atoms with Crippen molar-refractivity contribution in [1.29, 1.82) is 0 Å². The zero-order chi connectivity index (χ0) is 36.0. The third-order valence-corrected chi connectivity index (χ3v) is 12.3. The molecule has 256 valence electrons. The van der Waals surface area contributed by atoms with Crippen LogP contribution in [-0.2, 0) is 10.8 Å². The van der Waals surface area contributed by atoms with Crippen LogP contribution >= 0.6 is 0 Å². The molecule has 0 saturated heterocycles. The van der Waals surface area contributed by atoms with Gasteiger partial charge in [-0.3, -0.25) is 0 Å². The van der Waals surface area contributed by atoms with Crippen molar-refractivity contribution in [1.82, 2.24) is 4.57 Å². The Morgan fingerprint density at radius 1 is 0.370 bits per heavy atom. The molecule has 0 N–H and O–H groups in total. The highest BCUT2D eigenvalue weighted by Crippen LogP contribution is 2.64. The minimum absolute atomic E-state index is 0.0566. The van der Waals surface area contributed by atoms with Gasteiger partial charge in [0.2, 0.25) is 0 Å². The fourth-order valence-electron chi connectivity index (χ4n) is 9.91. The molecule has 2 nitrogen and oxygen atoms in total. The molecule has 1 heterocycles. The van der Waals surface area contributed by atoms with Crippen molar-refractivity contribution >= 4 is 38.9 Å². The Morgan fingerprint density at radius 3 is 1.28 bits per heavy atom. The van der Waals surface area contributed by atoms with Gasteiger partial charge in [0.15, 0.2) is 0 Å². The summed E-state index contributed by atoms with van der Waals surface area (Å²) in [5.74, 6) is 0. The number of hydrogen-bond acceptors (Lipinski definition) is 1. The largest absolute Gasteiger partial charge is 0.311 e. The molecule has 8 aromatic carbocycles. The van der Waals surface area contributed by atoms with Gasteiger partial charge in [-0.2, -0.15) is 0 Å². The zero-order valence-corrected chi connectivity index (χ0v) is 30.4. The number of nitrogens with zero attached hydrogens (tertiary/aromatic N) is 2. The molecule has 0 amide bonds. The Bertz CT molecular complexity index is 2730. The molecule has 0 spiro atoms. The van der Waals surface area contributed by atoms with Gasteiger partial charge in [0.1, 0.15) is 0 Å². The van der Waals surface area contributed by atoms with Crippen molar-refractivity contribution in [3.8, 4) is 16.8 Å². The second-order valence-corrected chi connectivity index (χ2v) is 15.3. The van der Waals surface area contributed by atoms with Gasteiger partial charge in [-0.25, -0.2) is 0 Å². The number of hydrogen-bond donors (Lipinski definition) is 0. The number of anilines is 3. The number of fused-ring (bicyclic) bond motifs is 3. The molecule has 2 heteroatoms. The molecule has 54 heavy (non-hydrogen) atoms. The Hall–Kier alpha value is -6.64. The molecule has 0 unspecified atom stereocenters. The summed E-state index contributed by atoms with van der Waals surface area (Å²) in [6.07, 6.45) is 0. The standard InChI is InChI=1S/C52H38N2/c1-51(2)43-21-13-23-45-49(43)50-44(51)22-14-24-46(50)52(45,35-27-31-39(32-28-35)53(37-15-5-3-6-16-37)38-17-7-4-8-18-38)36-29-33-40(34-30-36)54-47-25-11-9-19-41(47)42-20-10-12-26-48(42)54/h3-34H,1-2H3. The van der Waals surface area contributed by atoms with E-state index in [0.29, 0.717) is 0 Å². The van der Waals surface area contributed by atoms with Crippen molar-refractivity contribution in [2.24, 2.45) is 0 Å². The molecule has 0 aliphatic heterocycles. The van der Waals surface area contributed by atoms with Crippen LogP contribution < -0.4 is 4.90 Å². The van der Waals surface area contributed by atoms with E-state index in [4.69, 9.17) is 0 Å². The molecule has 1 aromatic heterocycles. The lowest BCUT2D eigenvalue weighted by Gasteiger charge is -2.36. The zero-order valence-electron chi connectivity index (χ0n) is 30.4. The topological polar surface area (TPSA) is 8.17 Å². The van der Waals surface area contributed by atoms with Crippen LogP contribution in [0.25, 0.3) is 38.6 Å². The van der Waals surface area contributed by atoms with Crippen molar-refractivity contribution in [2.75, 3.05) is 4.90 Å². The van der Waals surface area contributed by atoms with Gasteiger partial charge in [0, 0.05) is 38.9 Å². The summed E-state index contributed by atoms with van der Waals surface area (Å²) in [4.78, 5) is 2.34. The Kier molecular flexibility index (Phi) is 6.55. The molecule has 11 rings (SSSR count). The monoisotopic (exact) mass is 690 g/mol. The highest BCUT2D eigenvalue weighted by Gasteiger charge is 2.52. The van der Waals surface area contributed by atoms with Gasteiger partial charge in [0.05, 0.1) is 16.4 Å². The van der Waals surface area contributed by atoms with E-state index in [1.54, 1.807) is 0 Å². The lowest BCUT2D eigenvalue weighted by Crippen LogP contribution is -2.30. The van der Waals surface area contributed by atoms with E-state index in [1.807, 2.05) is 0 Å². The minimum atomic E-state index is -0.491. The maximum Gasteiger partial charge on any atom is 0.0713 e. The number of rotatable bonds is 6. The highest BCUT2D eigenvalue weighted by molar-refractivity contribution is 6.09. The molecule has 0 radical (unpaired) electrons. The molecule has 0 atom stereocenters. The van der Waals surface area contributed by atoms with Crippen molar-refractivity contribution < 1.29 is 0 Å².